The summed E-state index contributed by atoms with van der Waals surface area (Å²) in [5.41, 5.74) is 2.50. The third kappa shape index (κ3) is 4.38. The van der Waals surface area contributed by atoms with Gasteiger partial charge in [-0.3, -0.25) is 4.79 Å². The summed E-state index contributed by atoms with van der Waals surface area (Å²) in [6, 6.07) is 16.4. The number of hydrogen-bond donors (Lipinski definition) is 1. The SMILES string of the molecule is COc1cccc2c(C)cc(-n3nc(C)cc3NC(=O)C(C)Oc3ccc(Cl)cc3)nc12. The molecule has 1 amide bonds. The molecule has 1 unspecified atom stereocenters. The smallest absolute Gasteiger partial charge is 0.266 e. The molecule has 0 fully saturated rings. The standard InChI is InChI=1S/C24H23ClN4O3/c1-14-12-21(26-23-19(14)6-5-7-20(23)31-4)29-22(13-15(2)28-29)27-24(30)16(3)32-18-10-8-17(25)9-11-18/h5-13,16H,1-4H3,(H,27,30). The first-order chi connectivity index (χ1) is 15.4. The van der Waals surface area contributed by atoms with E-state index in [-0.39, 0.29) is 5.91 Å². The molecule has 0 aliphatic carbocycles. The Labute approximate surface area is 190 Å². The molecule has 2 heterocycles. The zero-order valence-corrected chi connectivity index (χ0v) is 19.0. The maximum atomic E-state index is 12.8. The van der Waals surface area contributed by atoms with Gasteiger partial charge in [0.05, 0.1) is 12.8 Å². The van der Waals surface area contributed by atoms with Crippen molar-refractivity contribution in [1.29, 1.82) is 0 Å². The van der Waals surface area contributed by atoms with Crippen molar-refractivity contribution in [3.63, 3.8) is 0 Å². The number of pyridine rings is 1. The summed E-state index contributed by atoms with van der Waals surface area (Å²) in [7, 11) is 1.62. The van der Waals surface area contributed by atoms with Gasteiger partial charge in [0.2, 0.25) is 0 Å². The van der Waals surface area contributed by atoms with Gasteiger partial charge in [0.15, 0.2) is 11.9 Å². The highest BCUT2D eigenvalue weighted by molar-refractivity contribution is 6.30. The first-order valence-corrected chi connectivity index (χ1v) is 10.5. The number of carbonyl (C=O) groups is 1. The highest BCUT2D eigenvalue weighted by atomic mass is 35.5. The summed E-state index contributed by atoms with van der Waals surface area (Å²) in [6.45, 7) is 5.54. The number of para-hydroxylation sites is 1. The first kappa shape index (κ1) is 21.6. The predicted octanol–water partition coefficient (Wildman–Crippen LogP) is 5.11. The number of nitrogens with one attached hydrogen (secondary N) is 1. The highest BCUT2D eigenvalue weighted by Crippen LogP contribution is 2.28. The molecule has 7 nitrogen and oxygen atoms in total. The summed E-state index contributed by atoms with van der Waals surface area (Å²) in [4.78, 5) is 17.6. The van der Waals surface area contributed by atoms with Crippen molar-refractivity contribution in [2.24, 2.45) is 0 Å². The van der Waals surface area contributed by atoms with Crippen molar-refractivity contribution >= 4 is 34.2 Å². The van der Waals surface area contributed by atoms with E-state index in [1.165, 1.54) is 0 Å². The van der Waals surface area contributed by atoms with Gasteiger partial charge in [-0.15, -0.1) is 0 Å². The van der Waals surface area contributed by atoms with Gasteiger partial charge in [-0.2, -0.15) is 9.78 Å². The number of fused-ring (bicyclic) bond motifs is 1. The van der Waals surface area contributed by atoms with Crippen LogP contribution < -0.4 is 14.8 Å². The molecule has 32 heavy (non-hydrogen) atoms. The lowest BCUT2D eigenvalue weighted by atomic mass is 10.1. The Morgan fingerprint density at radius 3 is 2.59 bits per heavy atom. The average Bonchev–Trinajstić information content (AvgIpc) is 3.14. The zero-order chi connectivity index (χ0) is 22.8. The van der Waals surface area contributed by atoms with Crippen molar-refractivity contribution in [3.05, 3.63) is 70.9 Å². The van der Waals surface area contributed by atoms with Crippen LogP contribution in [0.1, 0.15) is 18.2 Å². The van der Waals surface area contributed by atoms with Crippen LogP contribution in [0.2, 0.25) is 5.02 Å². The number of ether oxygens (including phenoxy) is 2. The van der Waals surface area contributed by atoms with Gasteiger partial charge in [-0.1, -0.05) is 23.7 Å². The molecule has 1 N–H and O–H groups in total. The number of amides is 1. The third-order valence-electron chi connectivity index (χ3n) is 5.01. The minimum Gasteiger partial charge on any atom is -0.494 e. The van der Waals surface area contributed by atoms with E-state index in [2.05, 4.69) is 10.4 Å². The van der Waals surface area contributed by atoms with Crippen LogP contribution >= 0.6 is 11.6 Å². The van der Waals surface area contributed by atoms with Crippen molar-refractivity contribution < 1.29 is 14.3 Å². The number of hydrogen-bond acceptors (Lipinski definition) is 5. The summed E-state index contributed by atoms with van der Waals surface area (Å²) < 4.78 is 12.8. The van der Waals surface area contributed by atoms with Crippen LogP contribution in [0, 0.1) is 13.8 Å². The maximum Gasteiger partial charge on any atom is 0.266 e. The fourth-order valence-electron chi connectivity index (χ4n) is 3.41. The lowest BCUT2D eigenvalue weighted by Crippen LogP contribution is -2.31. The number of benzene rings is 2. The topological polar surface area (TPSA) is 78.3 Å². The molecule has 2 aromatic heterocycles. The Kier molecular flexibility index (Phi) is 6.01. The molecule has 0 spiro atoms. The van der Waals surface area contributed by atoms with E-state index in [4.69, 9.17) is 26.1 Å². The lowest BCUT2D eigenvalue weighted by Gasteiger charge is -2.16. The lowest BCUT2D eigenvalue weighted by molar-refractivity contribution is -0.122. The fraction of sp³-hybridized carbons (Fsp3) is 0.208. The second kappa shape index (κ2) is 8.88. The molecule has 4 rings (SSSR count). The molecule has 1 atom stereocenters. The third-order valence-corrected chi connectivity index (χ3v) is 5.26. The fourth-order valence-corrected chi connectivity index (χ4v) is 3.54. The maximum absolute atomic E-state index is 12.8. The van der Waals surface area contributed by atoms with E-state index in [0.717, 1.165) is 22.2 Å². The van der Waals surface area contributed by atoms with Crippen LogP contribution in [0.4, 0.5) is 5.82 Å². The molecule has 0 aliphatic rings. The normalized spacial score (nSPS) is 11.9. The molecular weight excluding hydrogens is 428 g/mol. The van der Waals surface area contributed by atoms with E-state index in [1.807, 2.05) is 38.1 Å². The summed E-state index contributed by atoms with van der Waals surface area (Å²) >= 11 is 5.90. The van der Waals surface area contributed by atoms with Crippen LogP contribution in [-0.2, 0) is 4.79 Å². The monoisotopic (exact) mass is 450 g/mol. The number of methoxy groups -OCH3 is 1. The van der Waals surface area contributed by atoms with E-state index < -0.39 is 6.10 Å². The van der Waals surface area contributed by atoms with Crippen molar-refractivity contribution in [3.8, 4) is 17.3 Å². The number of carbonyl (C=O) groups excluding carboxylic acids is 1. The van der Waals surface area contributed by atoms with E-state index in [1.54, 1.807) is 49.0 Å². The Balaban J connectivity index is 1.63. The number of halogens is 1. The molecule has 4 aromatic rings. The van der Waals surface area contributed by atoms with Crippen LogP contribution in [-0.4, -0.2) is 33.9 Å². The van der Waals surface area contributed by atoms with Crippen molar-refractivity contribution in [2.75, 3.05) is 12.4 Å². The van der Waals surface area contributed by atoms with Crippen LogP contribution in [0.3, 0.4) is 0 Å². The van der Waals surface area contributed by atoms with Crippen LogP contribution in [0.25, 0.3) is 16.7 Å². The highest BCUT2D eigenvalue weighted by Gasteiger charge is 2.19. The van der Waals surface area contributed by atoms with Crippen molar-refractivity contribution in [2.45, 2.75) is 26.9 Å². The number of rotatable bonds is 6. The molecule has 0 saturated carbocycles. The average molecular weight is 451 g/mol. The molecular formula is C24H23ClN4O3. The van der Waals surface area contributed by atoms with Gasteiger partial charge < -0.3 is 14.8 Å². The largest absolute Gasteiger partial charge is 0.494 e. The quantitative estimate of drug-likeness (QED) is 0.442. The number of nitrogens with zero attached hydrogens (tertiary/aromatic N) is 3. The van der Waals surface area contributed by atoms with Crippen molar-refractivity contribution in [1.82, 2.24) is 14.8 Å². The Morgan fingerprint density at radius 1 is 1.12 bits per heavy atom. The minimum absolute atomic E-state index is 0.309. The Morgan fingerprint density at radius 2 is 1.88 bits per heavy atom. The van der Waals surface area contributed by atoms with E-state index in [0.29, 0.717) is 28.2 Å². The Hall–Kier alpha value is -3.58. The van der Waals surface area contributed by atoms with Gasteiger partial charge >= 0.3 is 0 Å². The molecule has 0 bridgehead atoms. The first-order valence-electron chi connectivity index (χ1n) is 10.1. The second-order valence-electron chi connectivity index (χ2n) is 7.44. The molecule has 0 radical (unpaired) electrons. The molecule has 0 saturated heterocycles. The predicted molar refractivity (Wildman–Crippen MR) is 125 cm³/mol. The Bertz CT molecular complexity index is 1280. The summed E-state index contributed by atoms with van der Waals surface area (Å²) in [6.07, 6.45) is -0.730. The zero-order valence-electron chi connectivity index (χ0n) is 18.2. The van der Waals surface area contributed by atoms with E-state index in [9.17, 15) is 4.79 Å². The molecule has 0 aliphatic heterocycles. The number of anilines is 1. The van der Waals surface area contributed by atoms with Gasteiger partial charge in [0.1, 0.15) is 22.8 Å². The number of aromatic nitrogens is 3. The molecule has 2 aromatic carbocycles. The minimum atomic E-state index is -0.730. The van der Waals surface area contributed by atoms with Gasteiger partial charge in [-0.25, -0.2) is 4.98 Å². The summed E-state index contributed by atoms with van der Waals surface area (Å²) in [5, 5.41) is 9.02. The number of aryl methyl sites for hydroxylation is 2. The molecule has 8 heteroatoms. The van der Waals surface area contributed by atoms with E-state index >= 15 is 0 Å². The van der Waals surface area contributed by atoms with Crippen LogP contribution in [0.15, 0.2) is 54.6 Å². The summed E-state index contributed by atoms with van der Waals surface area (Å²) in [5.74, 6) is 2.00. The molecule has 164 valence electrons. The second-order valence-corrected chi connectivity index (χ2v) is 7.88. The van der Waals surface area contributed by atoms with Gasteiger partial charge in [0.25, 0.3) is 5.91 Å². The van der Waals surface area contributed by atoms with Gasteiger partial charge in [0, 0.05) is 16.5 Å². The van der Waals surface area contributed by atoms with Gasteiger partial charge in [-0.05, 0) is 62.7 Å². The van der Waals surface area contributed by atoms with Crippen LogP contribution in [0.5, 0.6) is 11.5 Å².